The molecule has 0 spiro atoms. The Balaban J connectivity index is 1.50. The smallest absolute Gasteiger partial charge is 0.265 e. The highest BCUT2D eigenvalue weighted by atomic mass is 16.5. The number of morpholine rings is 1. The Hall–Kier alpha value is -3.06. The Morgan fingerprint density at radius 1 is 1.07 bits per heavy atom. The number of carbonyl (C=O) groups is 2. The molecule has 1 fully saturated rings. The number of para-hydroxylation sites is 2. The average molecular weight is 410 g/mol. The second kappa shape index (κ2) is 8.75. The van der Waals surface area contributed by atoms with Crippen LogP contribution in [0.15, 0.2) is 42.5 Å². The number of carbonyl (C=O) groups excluding carboxylic acids is 2. The molecule has 2 aliphatic heterocycles. The van der Waals surface area contributed by atoms with Crippen LogP contribution in [-0.4, -0.2) is 62.3 Å². The summed E-state index contributed by atoms with van der Waals surface area (Å²) in [4.78, 5) is 29.3. The molecule has 2 aromatic rings. The highest BCUT2D eigenvalue weighted by molar-refractivity contribution is 5.98. The molecular weight excluding hydrogens is 384 g/mol. The number of hydrogen-bond donors (Lipinski definition) is 0. The summed E-state index contributed by atoms with van der Waals surface area (Å²) in [6.07, 6.45) is -0.747. The van der Waals surface area contributed by atoms with E-state index in [2.05, 4.69) is 6.07 Å². The topological polar surface area (TPSA) is 68.3 Å². The minimum absolute atomic E-state index is 0.115. The van der Waals surface area contributed by atoms with E-state index in [9.17, 15) is 9.59 Å². The van der Waals surface area contributed by atoms with Crippen molar-refractivity contribution in [2.24, 2.45) is 0 Å². The summed E-state index contributed by atoms with van der Waals surface area (Å²) in [6, 6.07) is 13.1. The van der Waals surface area contributed by atoms with E-state index in [0.29, 0.717) is 43.5 Å². The van der Waals surface area contributed by atoms with Gasteiger partial charge in [-0.15, -0.1) is 0 Å². The molecule has 7 nitrogen and oxygen atoms in total. The number of nitrogens with zero attached hydrogens (tertiary/aromatic N) is 2. The lowest BCUT2D eigenvalue weighted by molar-refractivity contribution is -0.142. The molecule has 0 unspecified atom stereocenters. The third kappa shape index (κ3) is 4.41. The molecule has 0 saturated carbocycles. The highest BCUT2D eigenvalue weighted by Crippen LogP contribution is 2.33. The van der Waals surface area contributed by atoms with Gasteiger partial charge in [-0.05, 0) is 49.2 Å². The monoisotopic (exact) mass is 410 g/mol. The number of hydrogen-bond acceptors (Lipinski definition) is 5. The van der Waals surface area contributed by atoms with Gasteiger partial charge >= 0.3 is 0 Å². The lowest BCUT2D eigenvalue weighted by Gasteiger charge is -2.37. The molecule has 158 valence electrons. The molecule has 1 atom stereocenters. The predicted octanol–water partition coefficient (Wildman–Crippen LogP) is 2.34. The summed E-state index contributed by atoms with van der Waals surface area (Å²) in [5.74, 6) is 0.837. The van der Waals surface area contributed by atoms with Crippen LogP contribution in [0.3, 0.4) is 0 Å². The van der Waals surface area contributed by atoms with Crippen molar-refractivity contribution in [2.45, 2.75) is 20.0 Å². The van der Waals surface area contributed by atoms with Crippen LogP contribution in [0.4, 0.5) is 5.69 Å². The molecule has 2 amide bonds. The van der Waals surface area contributed by atoms with Crippen molar-refractivity contribution in [3.05, 3.63) is 53.6 Å². The van der Waals surface area contributed by atoms with E-state index in [4.69, 9.17) is 14.2 Å². The van der Waals surface area contributed by atoms with Gasteiger partial charge in [-0.25, -0.2) is 0 Å². The first-order valence-corrected chi connectivity index (χ1v) is 10.1. The van der Waals surface area contributed by atoms with Crippen LogP contribution in [0.25, 0.3) is 0 Å². The number of rotatable bonds is 4. The van der Waals surface area contributed by atoms with Crippen LogP contribution in [0, 0.1) is 13.8 Å². The Morgan fingerprint density at radius 2 is 1.77 bits per heavy atom. The summed E-state index contributed by atoms with van der Waals surface area (Å²) < 4.78 is 17.0. The minimum atomic E-state index is -0.747. The lowest BCUT2D eigenvalue weighted by atomic mass is 10.1. The number of benzene rings is 2. The van der Waals surface area contributed by atoms with Gasteiger partial charge in [-0.1, -0.05) is 18.2 Å². The highest BCUT2D eigenvalue weighted by Gasteiger charge is 2.36. The van der Waals surface area contributed by atoms with Crippen molar-refractivity contribution in [2.75, 3.05) is 44.4 Å². The maximum atomic E-state index is 13.0. The molecular formula is C23H26N2O5. The zero-order valence-corrected chi connectivity index (χ0v) is 17.3. The first-order chi connectivity index (χ1) is 14.5. The van der Waals surface area contributed by atoms with E-state index in [1.165, 1.54) is 0 Å². The Morgan fingerprint density at radius 3 is 2.50 bits per heavy atom. The standard InChI is InChI=1S/C23H26N2O5/c1-16-11-17(2)13-18(12-16)29-15-22(26)25-14-21(23(27)24-7-9-28-10-8-24)30-20-6-4-3-5-19(20)25/h3-6,11-13,21H,7-10,14-15H2,1-2H3/t21-/m1/s1. The van der Waals surface area contributed by atoms with E-state index >= 15 is 0 Å². The maximum Gasteiger partial charge on any atom is 0.265 e. The molecule has 2 aromatic carbocycles. The third-order valence-corrected chi connectivity index (χ3v) is 5.23. The predicted molar refractivity (Wildman–Crippen MR) is 112 cm³/mol. The molecule has 30 heavy (non-hydrogen) atoms. The first-order valence-electron chi connectivity index (χ1n) is 10.1. The summed E-state index contributed by atoms with van der Waals surface area (Å²) in [7, 11) is 0. The van der Waals surface area contributed by atoms with Gasteiger partial charge < -0.3 is 24.0 Å². The molecule has 1 saturated heterocycles. The number of ether oxygens (including phenoxy) is 3. The molecule has 2 heterocycles. The van der Waals surface area contributed by atoms with Crippen LogP contribution in [-0.2, 0) is 14.3 Å². The van der Waals surface area contributed by atoms with Gasteiger partial charge in [0.2, 0.25) is 0 Å². The molecule has 0 N–H and O–H groups in total. The van der Waals surface area contributed by atoms with Crippen molar-refractivity contribution in [1.29, 1.82) is 0 Å². The number of fused-ring (bicyclic) bond motifs is 1. The fourth-order valence-electron chi connectivity index (χ4n) is 3.83. The normalized spacial score (nSPS) is 18.4. The van der Waals surface area contributed by atoms with Crippen LogP contribution in [0.2, 0.25) is 0 Å². The first kappa shape index (κ1) is 20.2. The molecule has 4 rings (SSSR count). The summed E-state index contributed by atoms with van der Waals surface area (Å²) in [5, 5.41) is 0. The molecule has 0 radical (unpaired) electrons. The second-order valence-electron chi connectivity index (χ2n) is 7.63. The van der Waals surface area contributed by atoms with E-state index in [-0.39, 0.29) is 25.0 Å². The van der Waals surface area contributed by atoms with Crippen molar-refractivity contribution in [3.63, 3.8) is 0 Å². The van der Waals surface area contributed by atoms with Gasteiger partial charge in [0, 0.05) is 13.1 Å². The van der Waals surface area contributed by atoms with E-state index in [1.54, 1.807) is 15.9 Å². The summed E-state index contributed by atoms with van der Waals surface area (Å²) in [6.45, 7) is 6.11. The number of amides is 2. The van der Waals surface area contributed by atoms with Crippen molar-refractivity contribution in [3.8, 4) is 11.5 Å². The zero-order chi connectivity index (χ0) is 21.1. The van der Waals surface area contributed by atoms with Crippen molar-refractivity contribution in [1.82, 2.24) is 4.90 Å². The van der Waals surface area contributed by atoms with Gasteiger partial charge in [0.25, 0.3) is 11.8 Å². The van der Waals surface area contributed by atoms with E-state index in [1.807, 2.05) is 44.2 Å². The zero-order valence-electron chi connectivity index (χ0n) is 17.3. The van der Waals surface area contributed by atoms with Crippen LogP contribution in [0.1, 0.15) is 11.1 Å². The Labute approximate surface area is 176 Å². The second-order valence-corrected chi connectivity index (χ2v) is 7.63. The number of anilines is 1. The van der Waals surface area contributed by atoms with E-state index in [0.717, 1.165) is 11.1 Å². The maximum absolute atomic E-state index is 13.0. The third-order valence-electron chi connectivity index (χ3n) is 5.23. The van der Waals surface area contributed by atoms with Gasteiger partial charge in [0.05, 0.1) is 25.4 Å². The molecule has 0 bridgehead atoms. The largest absolute Gasteiger partial charge is 0.484 e. The summed E-state index contributed by atoms with van der Waals surface area (Å²) >= 11 is 0. The fourth-order valence-corrected chi connectivity index (χ4v) is 3.83. The Bertz CT molecular complexity index is 919. The van der Waals surface area contributed by atoms with Crippen molar-refractivity contribution >= 4 is 17.5 Å². The van der Waals surface area contributed by atoms with Gasteiger partial charge in [0.1, 0.15) is 11.5 Å². The molecule has 0 aromatic heterocycles. The van der Waals surface area contributed by atoms with Crippen LogP contribution in [0.5, 0.6) is 11.5 Å². The Kier molecular flexibility index (Phi) is 5.90. The van der Waals surface area contributed by atoms with Gasteiger partial charge in [-0.2, -0.15) is 0 Å². The lowest BCUT2D eigenvalue weighted by Crippen LogP contribution is -2.54. The van der Waals surface area contributed by atoms with Crippen LogP contribution < -0.4 is 14.4 Å². The fraction of sp³-hybridized carbons (Fsp3) is 0.391. The quantitative estimate of drug-likeness (QED) is 0.774. The van der Waals surface area contributed by atoms with Crippen molar-refractivity contribution < 1.29 is 23.8 Å². The van der Waals surface area contributed by atoms with E-state index < -0.39 is 6.10 Å². The summed E-state index contributed by atoms with van der Waals surface area (Å²) in [5.41, 5.74) is 2.80. The minimum Gasteiger partial charge on any atom is -0.484 e. The number of aryl methyl sites for hydroxylation is 2. The molecule has 2 aliphatic rings. The van der Waals surface area contributed by atoms with Crippen LogP contribution >= 0.6 is 0 Å². The molecule has 7 heteroatoms. The molecule has 0 aliphatic carbocycles. The average Bonchev–Trinajstić information content (AvgIpc) is 2.76. The van der Waals surface area contributed by atoms with Gasteiger partial charge in [0.15, 0.2) is 12.7 Å². The van der Waals surface area contributed by atoms with Gasteiger partial charge in [-0.3, -0.25) is 9.59 Å². The SMILES string of the molecule is Cc1cc(C)cc(OCC(=O)N2C[C@H](C(=O)N3CCOCC3)Oc3ccccc32)c1.